The Kier molecular flexibility index (Phi) is 4.83. The fourth-order valence-electron chi connectivity index (χ4n) is 3.35. The van der Waals surface area contributed by atoms with Gasteiger partial charge in [0, 0.05) is 25.4 Å². The van der Waals surface area contributed by atoms with Gasteiger partial charge in [0.25, 0.3) is 0 Å². The zero-order valence-corrected chi connectivity index (χ0v) is 15.5. The average Bonchev–Trinajstić information content (AvgIpc) is 3.28. The number of likely N-dealkylation sites (tertiary alicyclic amines) is 1. The Hall–Kier alpha value is -2.48. The maximum atomic E-state index is 12.5. The molecule has 0 atom stereocenters. The monoisotopic (exact) mass is 371 g/mol. The number of methoxy groups -OCH3 is 1. The normalized spacial score (nSPS) is 15.5. The van der Waals surface area contributed by atoms with E-state index in [4.69, 9.17) is 4.74 Å². The molecule has 1 aromatic carbocycles. The lowest BCUT2D eigenvalue weighted by molar-refractivity contribution is -0.132. The highest BCUT2D eigenvalue weighted by molar-refractivity contribution is 7.16. The van der Waals surface area contributed by atoms with Gasteiger partial charge >= 0.3 is 0 Å². The third kappa shape index (κ3) is 3.55. The molecule has 0 unspecified atom stereocenters. The molecular formula is C18H21N5O2S. The molecule has 1 fully saturated rings. The Balaban J connectivity index is 1.29. The Morgan fingerprint density at radius 2 is 2.19 bits per heavy atom. The second-order valence-corrected chi connectivity index (χ2v) is 7.49. The van der Waals surface area contributed by atoms with Crippen LogP contribution in [0.5, 0.6) is 5.75 Å². The molecule has 0 radical (unpaired) electrons. The molecule has 1 aliphatic rings. The van der Waals surface area contributed by atoms with E-state index in [2.05, 4.69) is 15.3 Å². The largest absolute Gasteiger partial charge is 0.497 e. The summed E-state index contributed by atoms with van der Waals surface area (Å²) in [5.41, 5.74) is 1.13. The fraction of sp³-hybridized carbons (Fsp3) is 0.444. The van der Waals surface area contributed by atoms with Crippen LogP contribution in [0, 0.1) is 0 Å². The smallest absolute Gasteiger partial charge is 0.234 e. The number of nitrogens with zero attached hydrogens (tertiary/aromatic N) is 5. The van der Waals surface area contributed by atoms with E-state index in [1.165, 1.54) is 0 Å². The number of hydrogen-bond acceptors (Lipinski definition) is 6. The minimum absolute atomic E-state index is 0.226. The van der Waals surface area contributed by atoms with E-state index in [0.717, 1.165) is 53.6 Å². The molecule has 26 heavy (non-hydrogen) atoms. The van der Waals surface area contributed by atoms with Gasteiger partial charge in [-0.25, -0.2) is 0 Å². The molecule has 1 saturated heterocycles. The zero-order valence-electron chi connectivity index (χ0n) is 14.7. The second kappa shape index (κ2) is 7.41. The molecule has 8 heteroatoms. The van der Waals surface area contributed by atoms with Crippen molar-refractivity contribution in [2.45, 2.75) is 31.6 Å². The molecule has 0 N–H and O–H groups in total. The molecule has 0 aliphatic carbocycles. The highest BCUT2D eigenvalue weighted by Crippen LogP contribution is 2.31. The highest BCUT2D eigenvalue weighted by atomic mass is 32.1. The number of carbonyl (C=O) groups excluding carboxylic acids is 1. The number of amides is 1. The van der Waals surface area contributed by atoms with Crippen LogP contribution in [-0.4, -0.2) is 50.8 Å². The van der Waals surface area contributed by atoms with Gasteiger partial charge in [-0.05, 0) is 37.0 Å². The summed E-state index contributed by atoms with van der Waals surface area (Å²) in [5, 5.41) is 13.5. The molecule has 4 rings (SSSR count). The molecule has 2 aromatic heterocycles. The van der Waals surface area contributed by atoms with Crippen molar-refractivity contribution in [2.24, 2.45) is 0 Å². The van der Waals surface area contributed by atoms with Crippen LogP contribution in [0.15, 0.2) is 30.6 Å². The molecular weight excluding hydrogens is 350 g/mol. The van der Waals surface area contributed by atoms with Crippen LogP contribution in [-0.2, 0) is 11.2 Å². The van der Waals surface area contributed by atoms with Crippen molar-refractivity contribution in [2.75, 3.05) is 20.2 Å². The van der Waals surface area contributed by atoms with Crippen LogP contribution < -0.4 is 4.74 Å². The Bertz CT molecular complexity index is 869. The van der Waals surface area contributed by atoms with Gasteiger partial charge < -0.3 is 9.64 Å². The number of hydrogen-bond donors (Lipinski definition) is 0. The van der Waals surface area contributed by atoms with E-state index in [-0.39, 0.29) is 5.91 Å². The van der Waals surface area contributed by atoms with Crippen molar-refractivity contribution in [3.05, 3.63) is 41.2 Å². The Morgan fingerprint density at radius 3 is 2.96 bits per heavy atom. The third-order valence-corrected chi connectivity index (χ3v) is 5.94. The van der Waals surface area contributed by atoms with Crippen molar-refractivity contribution in [3.8, 4) is 5.75 Å². The van der Waals surface area contributed by atoms with Crippen LogP contribution in [0.25, 0.3) is 4.96 Å². The lowest BCUT2D eigenvalue weighted by atomic mass is 9.97. The van der Waals surface area contributed by atoms with Crippen molar-refractivity contribution in [3.63, 3.8) is 0 Å². The maximum absolute atomic E-state index is 12.5. The second-order valence-electron chi connectivity index (χ2n) is 6.50. The van der Waals surface area contributed by atoms with Crippen molar-refractivity contribution >= 4 is 22.2 Å². The van der Waals surface area contributed by atoms with Crippen LogP contribution in [0.2, 0.25) is 0 Å². The zero-order chi connectivity index (χ0) is 17.9. The van der Waals surface area contributed by atoms with Gasteiger partial charge in [-0.2, -0.15) is 9.61 Å². The van der Waals surface area contributed by atoms with Crippen LogP contribution in [0.3, 0.4) is 0 Å². The van der Waals surface area contributed by atoms with E-state index in [1.807, 2.05) is 29.2 Å². The van der Waals surface area contributed by atoms with E-state index in [1.54, 1.807) is 29.3 Å². The van der Waals surface area contributed by atoms with Crippen molar-refractivity contribution in [1.29, 1.82) is 0 Å². The summed E-state index contributed by atoms with van der Waals surface area (Å²) in [6.07, 6.45) is 4.82. The lowest BCUT2D eigenvalue weighted by Crippen LogP contribution is -2.38. The molecule has 0 saturated carbocycles. The van der Waals surface area contributed by atoms with Crippen molar-refractivity contribution < 1.29 is 9.53 Å². The maximum Gasteiger partial charge on any atom is 0.234 e. The molecule has 1 amide bonds. The molecule has 0 bridgehead atoms. The van der Waals surface area contributed by atoms with Gasteiger partial charge in [-0.15, -0.1) is 10.2 Å². The molecule has 136 valence electrons. The number of carbonyl (C=O) groups is 1. The summed E-state index contributed by atoms with van der Waals surface area (Å²) >= 11 is 1.59. The summed E-state index contributed by atoms with van der Waals surface area (Å²) in [5.74, 6) is 1.47. The number of piperidine rings is 1. The fourth-order valence-corrected chi connectivity index (χ4v) is 4.34. The van der Waals surface area contributed by atoms with Gasteiger partial charge in [0.15, 0.2) is 0 Å². The number of benzene rings is 1. The SMILES string of the molecule is COc1cccc(CCC(=O)N2CCC(c3nn4cnnc4s3)CC2)c1. The number of aromatic nitrogens is 4. The van der Waals surface area contributed by atoms with Gasteiger partial charge in [0.05, 0.1) is 7.11 Å². The lowest BCUT2D eigenvalue weighted by Gasteiger charge is -2.31. The Labute approximate surface area is 155 Å². The summed E-state index contributed by atoms with van der Waals surface area (Å²) < 4.78 is 6.97. The van der Waals surface area contributed by atoms with Crippen molar-refractivity contribution in [1.82, 2.24) is 24.7 Å². The molecule has 1 aliphatic heterocycles. The quantitative estimate of drug-likeness (QED) is 0.689. The molecule has 0 spiro atoms. The summed E-state index contributed by atoms with van der Waals surface area (Å²) in [6.45, 7) is 1.59. The first-order valence-electron chi connectivity index (χ1n) is 8.80. The number of aryl methyl sites for hydroxylation is 1. The molecule has 7 nitrogen and oxygen atoms in total. The van der Waals surface area contributed by atoms with Gasteiger partial charge in [-0.3, -0.25) is 4.79 Å². The predicted molar refractivity (Wildman–Crippen MR) is 98.5 cm³/mol. The molecule has 3 aromatic rings. The van der Waals surface area contributed by atoms with E-state index in [9.17, 15) is 4.79 Å². The minimum Gasteiger partial charge on any atom is -0.497 e. The number of rotatable bonds is 5. The van der Waals surface area contributed by atoms with E-state index < -0.39 is 0 Å². The van der Waals surface area contributed by atoms with Crippen LogP contribution in [0.4, 0.5) is 0 Å². The van der Waals surface area contributed by atoms with E-state index >= 15 is 0 Å². The molecule has 3 heterocycles. The average molecular weight is 371 g/mol. The Morgan fingerprint density at radius 1 is 1.35 bits per heavy atom. The first-order valence-corrected chi connectivity index (χ1v) is 9.62. The third-order valence-electron chi connectivity index (χ3n) is 4.86. The minimum atomic E-state index is 0.226. The first-order chi connectivity index (χ1) is 12.7. The topological polar surface area (TPSA) is 72.6 Å². The summed E-state index contributed by atoms with van der Waals surface area (Å²) in [4.78, 5) is 15.3. The summed E-state index contributed by atoms with van der Waals surface area (Å²) in [7, 11) is 1.66. The van der Waals surface area contributed by atoms with E-state index in [0.29, 0.717) is 12.3 Å². The number of ether oxygens (including phenoxy) is 1. The highest BCUT2D eigenvalue weighted by Gasteiger charge is 2.26. The van der Waals surface area contributed by atoms with Crippen LogP contribution in [0.1, 0.15) is 35.8 Å². The first kappa shape index (κ1) is 17.0. The predicted octanol–water partition coefficient (Wildman–Crippen LogP) is 2.53. The van der Waals surface area contributed by atoms with Crippen LogP contribution >= 0.6 is 11.3 Å². The van der Waals surface area contributed by atoms with Gasteiger partial charge in [-0.1, -0.05) is 23.5 Å². The standard InChI is InChI=1S/C18H21N5O2S/c1-25-15-4-2-3-13(11-15)5-6-16(24)22-9-7-14(8-10-22)17-21-23-12-19-20-18(23)26-17/h2-4,11-12,14H,5-10H2,1H3. The summed E-state index contributed by atoms with van der Waals surface area (Å²) in [6, 6.07) is 7.91. The van der Waals surface area contributed by atoms with Gasteiger partial charge in [0.1, 0.15) is 17.1 Å². The number of fused-ring (bicyclic) bond motifs is 1. The van der Waals surface area contributed by atoms with Gasteiger partial charge in [0.2, 0.25) is 10.9 Å².